The van der Waals surface area contributed by atoms with Gasteiger partial charge in [-0.25, -0.2) is 0 Å². The number of fused-ring (bicyclic) bond motifs is 3. The van der Waals surface area contributed by atoms with Gasteiger partial charge >= 0.3 is 0 Å². The summed E-state index contributed by atoms with van der Waals surface area (Å²) in [5.41, 5.74) is 1.63. The van der Waals surface area contributed by atoms with E-state index in [4.69, 9.17) is 0 Å². The zero-order valence-corrected chi connectivity index (χ0v) is 13.3. The van der Waals surface area contributed by atoms with E-state index in [-0.39, 0.29) is 5.91 Å². The van der Waals surface area contributed by atoms with Gasteiger partial charge in [-0.1, -0.05) is 30.3 Å². The summed E-state index contributed by atoms with van der Waals surface area (Å²) in [5, 5.41) is 4.28. The number of rotatable bonds is 1. The first-order chi connectivity index (χ1) is 10.3. The molecule has 2 aromatic heterocycles. The molecule has 2 aromatic carbocycles. The summed E-state index contributed by atoms with van der Waals surface area (Å²) in [4.78, 5) is 14.0. The molecule has 0 unspecified atom stereocenters. The lowest BCUT2D eigenvalue weighted by Gasteiger charge is -2.06. The lowest BCUT2D eigenvalue weighted by molar-refractivity contribution is 0.0969. The maximum absolute atomic E-state index is 13.0. The first-order valence-electron chi connectivity index (χ1n) is 6.53. The van der Waals surface area contributed by atoms with E-state index in [1.54, 1.807) is 11.3 Å². The Kier molecular flexibility index (Phi) is 2.94. The number of para-hydroxylation sites is 1. The van der Waals surface area contributed by atoms with E-state index in [1.807, 2.05) is 52.4 Å². The van der Waals surface area contributed by atoms with E-state index < -0.39 is 0 Å². The van der Waals surface area contributed by atoms with Gasteiger partial charge in [-0.3, -0.25) is 9.36 Å². The van der Waals surface area contributed by atoms with Crippen molar-refractivity contribution in [2.45, 2.75) is 0 Å². The van der Waals surface area contributed by atoms with E-state index in [0.717, 1.165) is 25.6 Å². The van der Waals surface area contributed by atoms with E-state index in [2.05, 4.69) is 28.1 Å². The molecular weight excluding hydrogens is 346 g/mol. The highest BCUT2D eigenvalue weighted by Crippen LogP contribution is 2.33. The zero-order valence-electron chi connectivity index (χ0n) is 10.9. The van der Waals surface area contributed by atoms with Gasteiger partial charge in [-0.05, 0) is 45.6 Å². The minimum atomic E-state index is -0.00359. The summed E-state index contributed by atoms with van der Waals surface area (Å²) in [6.07, 6.45) is 0. The molecule has 0 saturated heterocycles. The first kappa shape index (κ1) is 12.8. The second-order valence-corrected chi connectivity index (χ2v) is 6.53. The number of hydrogen-bond donors (Lipinski definition) is 0. The van der Waals surface area contributed by atoms with Crippen LogP contribution in [0.4, 0.5) is 0 Å². The molecule has 0 bridgehead atoms. The van der Waals surface area contributed by atoms with Crippen LogP contribution in [-0.2, 0) is 0 Å². The molecule has 102 valence electrons. The Morgan fingerprint density at radius 1 is 0.952 bits per heavy atom. The fraction of sp³-hybridized carbons (Fsp3) is 0. The van der Waals surface area contributed by atoms with Crippen LogP contribution < -0.4 is 0 Å². The van der Waals surface area contributed by atoms with Crippen molar-refractivity contribution in [2.24, 2.45) is 0 Å². The van der Waals surface area contributed by atoms with Gasteiger partial charge < -0.3 is 0 Å². The summed E-state index contributed by atoms with van der Waals surface area (Å²) in [6, 6.07) is 17.6. The van der Waals surface area contributed by atoms with Gasteiger partial charge in [0.2, 0.25) is 0 Å². The van der Waals surface area contributed by atoms with Gasteiger partial charge in [0.05, 0.1) is 11.1 Å². The molecular formula is C17H10BrNOS. The maximum Gasteiger partial charge on any atom is 0.264 e. The Balaban J connectivity index is 2.07. The molecule has 2 heterocycles. The smallest absolute Gasteiger partial charge is 0.264 e. The van der Waals surface area contributed by atoms with Gasteiger partial charge in [0.1, 0.15) is 4.83 Å². The van der Waals surface area contributed by atoms with Crippen molar-refractivity contribution in [1.82, 2.24) is 4.57 Å². The molecule has 4 heteroatoms. The molecule has 0 aliphatic rings. The first-order valence-corrected chi connectivity index (χ1v) is 8.20. The number of hydrogen-bond acceptors (Lipinski definition) is 2. The molecule has 0 spiro atoms. The normalized spacial score (nSPS) is 11.3. The minimum absolute atomic E-state index is 0.00359. The number of nitrogens with zero attached hydrogens (tertiary/aromatic N) is 1. The molecule has 0 fully saturated rings. The summed E-state index contributed by atoms with van der Waals surface area (Å²) in [7, 11) is 0. The third kappa shape index (κ3) is 1.87. The molecule has 0 amide bonds. The summed E-state index contributed by atoms with van der Waals surface area (Å²) in [6.45, 7) is 0. The SMILES string of the molecule is O=C(c1ccccc1Br)n1c2ccccc2c2ccsc21. The molecule has 0 aliphatic heterocycles. The second kappa shape index (κ2) is 4.83. The standard InChI is InChI=1S/C17H10BrNOS/c18-14-7-3-1-6-13(14)16(20)19-15-8-4-2-5-11(15)12-9-10-21-17(12)19/h1-10H. The summed E-state index contributed by atoms with van der Waals surface area (Å²) in [5.74, 6) is -0.00359. The molecule has 4 aromatic rings. The van der Waals surface area contributed by atoms with Gasteiger partial charge in [0.25, 0.3) is 5.91 Å². The van der Waals surface area contributed by atoms with Crippen molar-refractivity contribution >= 4 is 54.3 Å². The number of carbonyl (C=O) groups is 1. The highest BCUT2D eigenvalue weighted by Gasteiger charge is 2.19. The quantitative estimate of drug-likeness (QED) is 0.453. The fourth-order valence-electron chi connectivity index (χ4n) is 2.64. The average Bonchev–Trinajstić information content (AvgIpc) is 3.07. The van der Waals surface area contributed by atoms with E-state index in [1.165, 1.54) is 0 Å². The lowest BCUT2D eigenvalue weighted by atomic mass is 10.2. The monoisotopic (exact) mass is 355 g/mol. The predicted octanol–water partition coefficient (Wildman–Crippen LogP) is 5.31. The van der Waals surface area contributed by atoms with Crippen molar-refractivity contribution in [1.29, 1.82) is 0 Å². The average molecular weight is 356 g/mol. The number of halogens is 1. The molecule has 0 N–H and O–H groups in total. The highest BCUT2D eigenvalue weighted by atomic mass is 79.9. The summed E-state index contributed by atoms with van der Waals surface area (Å²) >= 11 is 5.07. The van der Waals surface area contributed by atoms with Crippen LogP contribution >= 0.6 is 27.3 Å². The number of thiophene rings is 1. The Morgan fingerprint density at radius 3 is 2.57 bits per heavy atom. The van der Waals surface area contributed by atoms with Crippen molar-refractivity contribution in [2.75, 3.05) is 0 Å². The third-order valence-corrected chi connectivity index (χ3v) is 5.18. The van der Waals surface area contributed by atoms with Gasteiger partial charge in [-0.2, -0.15) is 0 Å². The van der Waals surface area contributed by atoms with Crippen molar-refractivity contribution in [3.8, 4) is 0 Å². The van der Waals surface area contributed by atoms with Crippen LogP contribution in [0.2, 0.25) is 0 Å². The van der Waals surface area contributed by atoms with Crippen LogP contribution in [0.15, 0.2) is 64.5 Å². The van der Waals surface area contributed by atoms with Crippen molar-refractivity contribution < 1.29 is 4.79 Å². The Bertz CT molecular complexity index is 983. The van der Waals surface area contributed by atoms with Crippen LogP contribution in [0, 0.1) is 0 Å². The molecule has 4 rings (SSSR count). The van der Waals surface area contributed by atoms with E-state index in [9.17, 15) is 4.79 Å². The Morgan fingerprint density at radius 2 is 1.71 bits per heavy atom. The third-order valence-electron chi connectivity index (χ3n) is 3.59. The highest BCUT2D eigenvalue weighted by molar-refractivity contribution is 9.10. The molecule has 0 atom stereocenters. The van der Waals surface area contributed by atoms with Gasteiger partial charge in [0, 0.05) is 15.2 Å². The van der Waals surface area contributed by atoms with Crippen LogP contribution in [0.1, 0.15) is 10.4 Å². The fourth-order valence-corrected chi connectivity index (χ4v) is 4.02. The zero-order chi connectivity index (χ0) is 14.4. The number of carbonyl (C=O) groups excluding carboxylic acids is 1. The van der Waals surface area contributed by atoms with E-state index in [0.29, 0.717) is 5.56 Å². The van der Waals surface area contributed by atoms with Gasteiger partial charge in [0.15, 0.2) is 0 Å². The number of aromatic nitrogens is 1. The Labute approximate surface area is 133 Å². The van der Waals surface area contributed by atoms with Crippen molar-refractivity contribution in [3.05, 3.63) is 70.0 Å². The molecule has 21 heavy (non-hydrogen) atoms. The van der Waals surface area contributed by atoms with Gasteiger partial charge in [-0.15, -0.1) is 11.3 Å². The molecule has 0 aliphatic carbocycles. The van der Waals surface area contributed by atoms with Crippen LogP contribution in [0.25, 0.3) is 21.1 Å². The summed E-state index contributed by atoms with van der Waals surface area (Å²) < 4.78 is 2.63. The molecule has 2 nitrogen and oxygen atoms in total. The predicted molar refractivity (Wildman–Crippen MR) is 91.2 cm³/mol. The second-order valence-electron chi connectivity index (χ2n) is 4.78. The van der Waals surface area contributed by atoms with Crippen LogP contribution in [0.3, 0.4) is 0 Å². The molecule has 0 saturated carbocycles. The van der Waals surface area contributed by atoms with Crippen LogP contribution in [-0.4, -0.2) is 10.5 Å². The molecule has 0 radical (unpaired) electrons. The Hall–Kier alpha value is -1.91. The van der Waals surface area contributed by atoms with Crippen molar-refractivity contribution in [3.63, 3.8) is 0 Å². The topological polar surface area (TPSA) is 22.0 Å². The lowest BCUT2D eigenvalue weighted by Crippen LogP contribution is -2.11. The minimum Gasteiger partial charge on any atom is -0.268 e. The van der Waals surface area contributed by atoms with Crippen LogP contribution in [0.5, 0.6) is 0 Å². The maximum atomic E-state index is 13.0. The largest absolute Gasteiger partial charge is 0.268 e. The van der Waals surface area contributed by atoms with E-state index >= 15 is 0 Å². The number of benzene rings is 2.